The third-order valence-electron chi connectivity index (χ3n) is 4.30. The number of unbranched alkanes of at least 4 members (excludes halogenated alkanes) is 16. The average molecular weight is 305 g/mol. The minimum absolute atomic E-state index is 0.760. The number of rotatable bonds is 16. The molecule has 0 unspecified atom stereocenters. The van der Waals surface area contributed by atoms with Crippen LogP contribution in [-0.4, -0.2) is 0 Å². The second-order valence-corrected chi connectivity index (χ2v) is 6.51. The molecule has 0 aromatic rings. The van der Waals surface area contributed by atoms with Gasteiger partial charge in [0.05, 0.1) is 0 Å². The highest BCUT2D eigenvalue weighted by molar-refractivity contribution is 4.98. The van der Waals surface area contributed by atoms with Crippen LogP contribution in [0.1, 0.15) is 116 Å². The summed E-state index contributed by atoms with van der Waals surface area (Å²) in [5.41, 5.74) is 0. The first kappa shape index (κ1) is 21.6. The Bertz CT molecular complexity index is 242. The molecular formula is C22H40. The third kappa shape index (κ3) is 19.6. The summed E-state index contributed by atoms with van der Waals surface area (Å²) in [5.74, 6) is 6.21. The Balaban J connectivity index is 2.97. The van der Waals surface area contributed by atoms with E-state index in [-0.39, 0.29) is 0 Å². The zero-order valence-electron chi connectivity index (χ0n) is 15.1. The Morgan fingerprint density at radius 2 is 0.773 bits per heavy atom. The lowest BCUT2D eigenvalue weighted by Gasteiger charge is -2.03. The van der Waals surface area contributed by atoms with Crippen LogP contribution in [0.25, 0.3) is 0 Å². The zero-order valence-corrected chi connectivity index (χ0v) is 15.1. The Labute approximate surface area is 141 Å². The van der Waals surface area contributed by atoms with Gasteiger partial charge in [0.1, 0.15) is 0 Å². The van der Waals surface area contributed by atoms with Crippen molar-refractivity contribution in [2.24, 2.45) is 0 Å². The van der Waals surface area contributed by atoms with E-state index >= 15 is 0 Å². The Kier molecular flexibility index (Phi) is 20.1. The molecule has 0 heterocycles. The van der Waals surface area contributed by atoms with Crippen LogP contribution < -0.4 is 0 Å². The Morgan fingerprint density at radius 3 is 1.14 bits per heavy atom. The molecule has 0 spiro atoms. The summed E-state index contributed by atoms with van der Waals surface area (Å²) in [6.07, 6.45) is 24.2. The van der Waals surface area contributed by atoms with Gasteiger partial charge >= 0.3 is 0 Å². The first-order valence-electron chi connectivity index (χ1n) is 9.96. The van der Waals surface area contributed by atoms with Gasteiger partial charge in [-0.1, -0.05) is 103 Å². The van der Waals surface area contributed by atoms with E-state index in [0.717, 1.165) is 19.3 Å². The van der Waals surface area contributed by atoms with Crippen molar-refractivity contribution in [3.63, 3.8) is 0 Å². The molecule has 0 heteroatoms. The molecule has 0 amide bonds. The number of hydrogen-bond acceptors (Lipinski definition) is 0. The van der Waals surface area contributed by atoms with Crippen molar-refractivity contribution >= 4 is 0 Å². The van der Waals surface area contributed by atoms with Crippen LogP contribution in [0.5, 0.6) is 0 Å². The second kappa shape index (κ2) is 20.6. The summed E-state index contributed by atoms with van der Waals surface area (Å²) in [7, 11) is 0. The summed E-state index contributed by atoms with van der Waals surface area (Å²) in [6, 6.07) is 0. The van der Waals surface area contributed by atoms with Crippen LogP contribution in [-0.2, 0) is 0 Å². The van der Waals surface area contributed by atoms with Crippen molar-refractivity contribution in [3.05, 3.63) is 13.8 Å². The molecule has 0 atom stereocenters. The predicted octanol–water partition coefficient (Wildman–Crippen LogP) is 7.68. The molecule has 0 aromatic carbocycles. The molecule has 0 N–H and O–H groups in total. The highest BCUT2D eigenvalue weighted by Crippen LogP contribution is 2.13. The largest absolute Gasteiger partial charge is 0.103 e. The van der Waals surface area contributed by atoms with E-state index in [9.17, 15) is 0 Å². The average Bonchev–Trinajstić information content (AvgIpc) is 2.54. The Hall–Kier alpha value is -0.440. The van der Waals surface area contributed by atoms with Crippen LogP contribution in [0.15, 0.2) is 0 Å². The van der Waals surface area contributed by atoms with E-state index in [1.54, 1.807) is 0 Å². The molecule has 0 rings (SSSR count). The van der Waals surface area contributed by atoms with Crippen molar-refractivity contribution in [2.75, 3.05) is 0 Å². The molecule has 0 aliphatic carbocycles. The lowest BCUT2D eigenvalue weighted by molar-refractivity contribution is 0.531. The van der Waals surface area contributed by atoms with E-state index in [1.165, 1.54) is 96.3 Å². The van der Waals surface area contributed by atoms with Gasteiger partial charge in [-0.2, -0.15) is 0 Å². The molecule has 128 valence electrons. The van der Waals surface area contributed by atoms with E-state index in [1.807, 2.05) is 0 Å². The maximum atomic E-state index is 3.89. The van der Waals surface area contributed by atoms with Gasteiger partial charge in [0.15, 0.2) is 0 Å². The second-order valence-electron chi connectivity index (χ2n) is 6.51. The highest BCUT2D eigenvalue weighted by Gasteiger charge is 1.94. The molecule has 0 aromatic heterocycles. The molecule has 0 aliphatic rings. The lowest BCUT2D eigenvalue weighted by Crippen LogP contribution is -1.83. The van der Waals surface area contributed by atoms with Gasteiger partial charge in [-0.05, 0) is 13.3 Å². The zero-order chi connectivity index (χ0) is 16.1. The van der Waals surface area contributed by atoms with Gasteiger partial charge < -0.3 is 0 Å². The molecule has 0 fully saturated rings. The summed E-state index contributed by atoms with van der Waals surface area (Å²) < 4.78 is 0. The van der Waals surface area contributed by atoms with Gasteiger partial charge in [-0.25, -0.2) is 0 Å². The first-order chi connectivity index (χ1) is 10.9. The van der Waals surface area contributed by atoms with Gasteiger partial charge in [0, 0.05) is 12.8 Å². The smallest absolute Gasteiger partial charge is 0.00890 e. The van der Waals surface area contributed by atoms with Gasteiger partial charge in [0.25, 0.3) is 0 Å². The maximum Gasteiger partial charge on any atom is 0.00890 e. The van der Waals surface area contributed by atoms with Gasteiger partial charge in [-0.3, -0.25) is 0 Å². The molecule has 0 saturated heterocycles. The standard InChI is InChI=1S/C22H40/c1-3-5-7-9-11-13-15-17-19-21-22-20-18-16-14-12-10-8-6-4-2/h1-5,7,9-22H2. The topological polar surface area (TPSA) is 0 Å². The van der Waals surface area contributed by atoms with E-state index < -0.39 is 0 Å². The fraction of sp³-hybridized carbons (Fsp3) is 0.818. The van der Waals surface area contributed by atoms with Crippen LogP contribution >= 0.6 is 0 Å². The molecule has 0 nitrogen and oxygen atoms in total. The minimum Gasteiger partial charge on any atom is -0.103 e. The quantitative estimate of drug-likeness (QED) is 0.202. The van der Waals surface area contributed by atoms with Crippen molar-refractivity contribution in [2.45, 2.75) is 116 Å². The minimum atomic E-state index is 0.760. The van der Waals surface area contributed by atoms with Crippen molar-refractivity contribution in [1.29, 1.82) is 0 Å². The van der Waals surface area contributed by atoms with Crippen molar-refractivity contribution < 1.29 is 0 Å². The van der Waals surface area contributed by atoms with Gasteiger partial charge in [0.2, 0.25) is 0 Å². The third-order valence-corrected chi connectivity index (χ3v) is 4.30. The maximum absolute atomic E-state index is 3.89. The summed E-state index contributed by atoms with van der Waals surface area (Å²) in [4.78, 5) is 0. The number of hydrogen-bond donors (Lipinski definition) is 0. The van der Waals surface area contributed by atoms with Crippen LogP contribution in [0.4, 0.5) is 0 Å². The van der Waals surface area contributed by atoms with Crippen molar-refractivity contribution in [1.82, 2.24) is 0 Å². The normalized spacial score (nSPS) is 10.5. The fourth-order valence-corrected chi connectivity index (χ4v) is 2.87. The molecule has 22 heavy (non-hydrogen) atoms. The van der Waals surface area contributed by atoms with Crippen LogP contribution in [0.3, 0.4) is 0 Å². The van der Waals surface area contributed by atoms with Crippen LogP contribution in [0.2, 0.25) is 0 Å². The Morgan fingerprint density at radius 1 is 0.409 bits per heavy atom. The summed E-state index contributed by atoms with van der Waals surface area (Å²) >= 11 is 0. The highest BCUT2D eigenvalue weighted by atomic mass is 14.0. The predicted molar refractivity (Wildman–Crippen MR) is 102 cm³/mol. The fourth-order valence-electron chi connectivity index (χ4n) is 2.87. The molecular weight excluding hydrogens is 264 g/mol. The summed E-state index contributed by atoms with van der Waals surface area (Å²) in [5, 5.41) is 0. The SMILES string of the molecule is [CH2]CC#CCCCCCCCCCCCCCCCCC[CH2]. The first-order valence-corrected chi connectivity index (χ1v) is 9.96. The van der Waals surface area contributed by atoms with E-state index in [0.29, 0.717) is 0 Å². The molecule has 0 bridgehead atoms. The summed E-state index contributed by atoms with van der Waals surface area (Å²) in [6.45, 7) is 7.62. The van der Waals surface area contributed by atoms with E-state index in [2.05, 4.69) is 25.7 Å². The molecule has 0 saturated carbocycles. The monoisotopic (exact) mass is 304 g/mol. The molecule has 2 radical (unpaired) electrons. The van der Waals surface area contributed by atoms with E-state index in [4.69, 9.17) is 0 Å². The van der Waals surface area contributed by atoms with Crippen molar-refractivity contribution in [3.8, 4) is 11.8 Å². The van der Waals surface area contributed by atoms with Crippen LogP contribution in [0, 0.1) is 25.7 Å². The molecule has 0 aliphatic heterocycles. The lowest BCUT2D eigenvalue weighted by atomic mass is 10.0. The van der Waals surface area contributed by atoms with Gasteiger partial charge in [-0.15, -0.1) is 11.8 Å².